The van der Waals surface area contributed by atoms with Crippen molar-refractivity contribution in [1.82, 2.24) is 0 Å². The van der Waals surface area contributed by atoms with Gasteiger partial charge in [-0.05, 0) is 154 Å². The second-order valence-electron chi connectivity index (χ2n) is 20.4. The Morgan fingerprint density at radius 3 is 1.49 bits per heavy atom. The molecule has 0 bridgehead atoms. The van der Waals surface area contributed by atoms with Gasteiger partial charge in [-0.15, -0.1) is 0 Å². The Bertz CT molecular complexity index is 1050. The average molecular weight is 557 g/mol. The average Bonchev–Trinajstić information content (AvgIpc) is 2.98. The van der Waals surface area contributed by atoms with Crippen LogP contribution in [0.5, 0.6) is 0 Å². The van der Waals surface area contributed by atoms with E-state index in [0.717, 1.165) is 22.7 Å². The Hall–Kier alpha value is 0. The van der Waals surface area contributed by atoms with Crippen molar-refractivity contribution in [3.63, 3.8) is 0 Å². The number of rotatable bonds is 18. The summed E-state index contributed by atoms with van der Waals surface area (Å²) in [5.74, 6) is 19.7. The van der Waals surface area contributed by atoms with Crippen LogP contribution in [-0.2, 0) is 0 Å². The summed E-state index contributed by atoms with van der Waals surface area (Å²) < 4.78 is 0. The van der Waals surface area contributed by atoms with Gasteiger partial charge in [0.25, 0.3) is 0 Å². The van der Waals surface area contributed by atoms with E-state index in [1.807, 2.05) is 0 Å². The lowest BCUT2D eigenvalue weighted by Gasteiger charge is -3.08. The van der Waals surface area contributed by atoms with Gasteiger partial charge in [-0.2, -0.15) is 0 Å². The van der Waals surface area contributed by atoms with Crippen LogP contribution in [0.15, 0.2) is 0 Å². The van der Waals surface area contributed by atoms with E-state index < -0.39 is 0 Å². The summed E-state index contributed by atoms with van der Waals surface area (Å²) in [6.07, 6.45) is 17.6. The normalized spacial score (nSPS) is 58.8. The highest BCUT2D eigenvalue weighted by molar-refractivity contribution is 5.51. The first-order valence-electron chi connectivity index (χ1n) is 19.6. The summed E-state index contributed by atoms with van der Waals surface area (Å²) in [7, 11) is 0. The largest absolute Gasteiger partial charge is 0.0654 e. The molecule has 0 nitrogen and oxygen atoms in total. The molecule has 12 aliphatic rings. The lowest BCUT2D eigenvalue weighted by atomic mass is 8.96. The van der Waals surface area contributed by atoms with Gasteiger partial charge >= 0.3 is 0 Å². The molecule has 4 atom stereocenters. The maximum Gasteiger partial charge on any atom is -0.0193 e. The second-order valence-corrected chi connectivity index (χ2v) is 20.4. The molecule has 0 aromatic carbocycles. The number of hydrogen-bond acceptors (Lipinski definition) is 0. The third-order valence-electron chi connectivity index (χ3n) is 20.6. The van der Waals surface area contributed by atoms with Gasteiger partial charge in [0.1, 0.15) is 0 Å². The molecule has 0 aromatic heterocycles. The zero-order valence-electron chi connectivity index (χ0n) is 28.2. The van der Waals surface area contributed by atoms with Gasteiger partial charge in [0.2, 0.25) is 0 Å². The Balaban J connectivity index is 0.875. The van der Waals surface area contributed by atoms with E-state index >= 15 is 0 Å². The second kappa shape index (κ2) is 7.51. The fourth-order valence-corrected chi connectivity index (χ4v) is 18.4. The van der Waals surface area contributed by atoms with E-state index in [0.29, 0.717) is 16.2 Å². The van der Waals surface area contributed by atoms with Crippen LogP contribution in [0.2, 0.25) is 0 Å². The van der Waals surface area contributed by atoms with Gasteiger partial charge in [-0.1, -0.05) is 100 Å². The van der Waals surface area contributed by atoms with Crippen LogP contribution in [-0.4, -0.2) is 0 Å². The molecular formula is C41H64. The van der Waals surface area contributed by atoms with Crippen molar-refractivity contribution in [3.05, 3.63) is 0 Å². The molecule has 0 radical (unpaired) electrons. The molecule has 0 heterocycles. The Morgan fingerprint density at radius 1 is 0.561 bits per heavy atom. The Labute approximate surface area is 253 Å². The van der Waals surface area contributed by atoms with Crippen LogP contribution in [0.3, 0.4) is 0 Å². The fourth-order valence-electron chi connectivity index (χ4n) is 18.4. The van der Waals surface area contributed by atoms with Crippen molar-refractivity contribution in [2.75, 3.05) is 0 Å². The van der Waals surface area contributed by atoms with Crippen molar-refractivity contribution in [1.29, 1.82) is 0 Å². The van der Waals surface area contributed by atoms with E-state index in [1.165, 1.54) is 141 Å². The smallest absolute Gasteiger partial charge is 0.0193 e. The maximum atomic E-state index is 2.80. The molecule has 0 aromatic rings. The monoisotopic (exact) mass is 557 g/mol. The summed E-state index contributed by atoms with van der Waals surface area (Å²) in [5, 5.41) is 0. The molecule has 0 aliphatic heterocycles. The van der Waals surface area contributed by atoms with E-state index in [-0.39, 0.29) is 0 Å². The van der Waals surface area contributed by atoms with Crippen LogP contribution in [0.25, 0.3) is 0 Å². The maximum absolute atomic E-state index is 2.80. The van der Waals surface area contributed by atoms with E-state index in [4.69, 9.17) is 0 Å². The minimum absolute atomic E-state index is 0.426. The molecular weight excluding hydrogens is 492 g/mol. The third kappa shape index (κ3) is 2.26. The summed E-state index contributed by atoms with van der Waals surface area (Å²) in [5.41, 5.74) is 3.17. The predicted octanol–water partition coefficient (Wildman–Crippen LogP) is 10.8. The number of hydrogen-bond donors (Lipinski definition) is 0. The Morgan fingerprint density at radius 2 is 1.02 bits per heavy atom. The lowest BCUT2D eigenvalue weighted by molar-refractivity contribution is -0.621. The zero-order valence-corrected chi connectivity index (χ0v) is 28.2. The summed E-state index contributed by atoms with van der Waals surface area (Å²) in [4.78, 5) is 0. The molecule has 0 saturated heterocycles. The molecule has 0 N–H and O–H groups in total. The highest BCUT2D eigenvalue weighted by atomic mass is 15.1. The van der Waals surface area contributed by atoms with Crippen molar-refractivity contribution < 1.29 is 0 Å². The van der Waals surface area contributed by atoms with Gasteiger partial charge in [0, 0.05) is 0 Å². The molecule has 12 saturated carbocycles. The van der Waals surface area contributed by atoms with Crippen LogP contribution < -0.4 is 0 Å². The predicted molar refractivity (Wildman–Crippen MR) is 169 cm³/mol. The summed E-state index contributed by atoms with van der Waals surface area (Å²) in [6, 6.07) is 0. The molecule has 0 amide bonds. The van der Waals surface area contributed by atoms with Crippen LogP contribution >= 0.6 is 0 Å². The van der Waals surface area contributed by atoms with Crippen LogP contribution in [0.1, 0.15) is 132 Å². The quantitative estimate of drug-likeness (QED) is 0.157. The molecule has 4 unspecified atom stereocenters. The van der Waals surface area contributed by atoms with E-state index in [9.17, 15) is 0 Å². The minimum Gasteiger partial charge on any atom is -0.0654 e. The first-order chi connectivity index (χ1) is 19.6. The van der Waals surface area contributed by atoms with Gasteiger partial charge in [-0.25, -0.2) is 0 Å². The van der Waals surface area contributed by atoms with Gasteiger partial charge in [0.05, 0.1) is 0 Å². The SMILES string of the molecule is CCCCC(C)(C)C(C)(CCCC(CC12C3C4C5C3C1C5C42)C(C)CC12C3C4C5C3C1C5C42)C(C)(CC)CCCC. The molecule has 0 heteroatoms. The summed E-state index contributed by atoms with van der Waals surface area (Å²) >= 11 is 0. The topological polar surface area (TPSA) is 0 Å². The standard InChI is InChI=1S/C41H64/c1-9-12-16-37(5,6)39(8,38(7,11-3)17-13-10-2)18-14-15-22(20-41-34-28-24-29(34)36(41)30(24)35(28)41)21(4)19-40-31-25-23-26(31)33(40)27(23)32(25)40/h21-36H,9-20H2,1-8H3. The van der Waals surface area contributed by atoms with Crippen molar-refractivity contribution in [2.24, 2.45) is 122 Å². The highest BCUT2D eigenvalue weighted by Crippen LogP contribution is 3.08. The van der Waals surface area contributed by atoms with Gasteiger partial charge < -0.3 is 0 Å². The van der Waals surface area contributed by atoms with Crippen molar-refractivity contribution in [3.8, 4) is 0 Å². The Kier molecular flexibility index (Phi) is 4.81. The lowest BCUT2D eigenvalue weighted by Crippen LogP contribution is -3.05. The van der Waals surface area contributed by atoms with Gasteiger partial charge in [0.15, 0.2) is 0 Å². The molecule has 0 spiro atoms. The summed E-state index contributed by atoms with van der Waals surface area (Å²) in [6.45, 7) is 21.0. The van der Waals surface area contributed by atoms with E-state index in [2.05, 4.69) is 55.4 Å². The first-order valence-corrected chi connectivity index (χ1v) is 19.6. The van der Waals surface area contributed by atoms with Crippen LogP contribution in [0, 0.1) is 122 Å². The third-order valence-corrected chi connectivity index (χ3v) is 20.6. The van der Waals surface area contributed by atoms with Gasteiger partial charge in [-0.3, -0.25) is 0 Å². The highest BCUT2D eigenvalue weighted by Gasteiger charge is 3.04. The fraction of sp³-hybridized carbons (Fsp3) is 1.00. The van der Waals surface area contributed by atoms with Crippen molar-refractivity contribution in [2.45, 2.75) is 132 Å². The molecule has 12 rings (SSSR count). The minimum atomic E-state index is 0.426. The molecule has 228 valence electrons. The molecule has 12 fully saturated rings. The molecule has 12 aliphatic carbocycles. The zero-order chi connectivity index (χ0) is 28.2. The number of unbranched alkanes of at least 4 members (excludes halogenated alkanes) is 2. The molecule has 41 heavy (non-hydrogen) atoms. The van der Waals surface area contributed by atoms with E-state index in [1.54, 1.807) is 19.3 Å². The first kappa shape index (κ1) is 26.2. The van der Waals surface area contributed by atoms with Crippen molar-refractivity contribution >= 4 is 0 Å². The van der Waals surface area contributed by atoms with Crippen LogP contribution in [0.4, 0.5) is 0 Å².